The Balaban J connectivity index is 1.14. The summed E-state index contributed by atoms with van der Waals surface area (Å²) in [6, 6.07) is 2.95. The van der Waals surface area contributed by atoms with E-state index < -0.39 is 36.1 Å². The third-order valence-corrected chi connectivity index (χ3v) is 7.81. The average Bonchev–Trinajstić information content (AvgIpc) is 3.31. The van der Waals surface area contributed by atoms with Crippen LogP contribution in [0.5, 0.6) is 0 Å². The Morgan fingerprint density at radius 1 is 1.13 bits per heavy atom. The van der Waals surface area contributed by atoms with E-state index in [9.17, 15) is 19.2 Å². The van der Waals surface area contributed by atoms with E-state index >= 15 is 0 Å². The molecule has 13 nitrogen and oxygen atoms in total. The Hall–Kier alpha value is -4.42. The number of carbonyl (C=O) groups is 4. The summed E-state index contributed by atoms with van der Waals surface area (Å²) in [6.45, 7) is 4.64. The molecule has 0 spiro atoms. The van der Waals surface area contributed by atoms with Crippen LogP contribution in [0.15, 0.2) is 35.6 Å². The van der Waals surface area contributed by atoms with E-state index in [1.54, 1.807) is 31.5 Å². The maximum Gasteiger partial charge on any atom is 0.328 e. The molecular formula is C26H29N9O4. The van der Waals surface area contributed by atoms with Crippen LogP contribution in [-0.4, -0.2) is 105 Å². The van der Waals surface area contributed by atoms with Crippen LogP contribution in [0.4, 0.5) is 16.6 Å². The summed E-state index contributed by atoms with van der Waals surface area (Å²) in [5.74, 6) is 1.34. The molecule has 4 unspecified atom stereocenters. The second-order valence-electron chi connectivity index (χ2n) is 10.6. The number of urea groups is 1. The number of likely N-dealkylation sites (N-methyl/N-ethyl adjacent to an activating group) is 1. The van der Waals surface area contributed by atoms with Crippen LogP contribution in [0.1, 0.15) is 20.3 Å². The SMILES string of the molecule is CC(=O)CN1C(=O)C2C(N=CN2[C@@H](C)C(=O)Nc2cccc(-c3cnc(N4CC5CC5C4)nc3)n2)N(C)C1=O. The number of rotatable bonds is 7. The molecule has 0 radical (unpaired) electrons. The fraction of sp³-hybridized carbons (Fsp3) is 0.462. The van der Waals surface area contributed by atoms with Crippen molar-refractivity contribution >= 4 is 41.7 Å². The highest BCUT2D eigenvalue weighted by molar-refractivity contribution is 6.05. The van der Waals surface area contributed by atoms with Crippen molar-refractivity contribution in [3.05, 3.63) is 30.6 Å². The molecule has 3 fully saturated rings. The normalized spacial score (nSPS) is 26.0. The van der Waals surface area contributed by atoms with Gasteiger partial charge in [0.1, 0.15) is 17.6 Å². The molecule has 2 aromatic rings. The number of piperidine rings is 1. The number of hydrogen-bond acceptors (Lipinski definition) is 10. The Morgan fingerprint density at radius 2 is 1.85 bits per heavy atom. The van der Waals surface area contributed by atoms with E-state index in [1.807, 2.05) is 6.07 Å². The van der Waals surface area contributed by atoms with Crippen LogP contribution < -0.4 is 10.2 Å². The molecule has 2 aromatic heterocycles. The summed E-state index contributed by atoms with van der Waals surface area (Å²) < 4.78 is 0. The zero-order chi connectivity index (χ0) is 27.4. The molecule has 1 N–H and O–H groups in total. The maximum absolute atomic E-state index is 13.2. The van der Waals surface area contributed by atoms with Crippen molar-refractivity contribution in [2.45, 2.75) is 38.5 Å². The zero-order valence-electron chi connectivity index (χ0n) is 21.9. The molecule has 0 aromatic carbocycles. The molecule has 13 heteroatoms. The zero-order valence-corrected chi connectivity index (χ0v) is 21.9. The second-order valence-corrected chi connectivity index (χ2v) is 10.6. The maximum atomic E-state index is 13.2. The molecule has 39 heavy (non-hydrogen) atoms. The van der Waals surface area contributed by atoms with Gasteiger partial charge in [0, 0.05) is 38.1 Å². The lowest BCUT2D eigenvalue weighted by atomic mass is 10.1. The van der Waals surface area contributed by atoms with Crippen molar-refractivity contribution in [3.8, 4) is 11.3 Å². The molecular weight excluding hydrogens is 502 g/mol. The highest BCUT2D eigenvalue weighted by Crippen LogP contribution is 2.45. The van der Waals surface area contributed by atoms with Crippen LogP contribution in [0, 0.1) is 11.8 Å². The van der Waals surface area contributed by atoms with Crippen molar-refractivity contribution in [1.82, 2.24) is 29.7 Å². The van der Waals surface area contributed by atoms with Gasteiger partial charge < -0.3 is 20.0 Å². The lowest BCUT2D eigenvalue weighted by Gasteiger charge is -2.41. The molecule has 5 heterocycles. The minimum atomic E-state index is -0.913. The number of aromatic nitrogens is 3. The molecule has 2 saturated heterocycles. The number of pyridine rings is 1. The van der Waals surface area contributed by atoms with Crippen molar-refractivity contribution in [3.63, 3.8) is 0 Å². The molecule has 6 rings (SSSR count). The van der Waals surface area contributed by atoms with Gasteiger partial charge in [0.05, 0.1) is 18.6 Å². The number of imide groups is 1. The van der Waals surface area contributed by atoms with Gasteiger partial charge >= 0.3 is 6.03 Å². The van der Waals surface area contributed by atoms with Gasteiger partial charge in [0.25, 0.3) is 5.91 Å². The van der Waals surface area contributed by atoms with Gasteiger partial charge in [-0.15, -0.1) is 0 Å². The molecule has 1 aliphatic carbocycles. The first-order valence-corrected chi connectivity index (χ1v) is 12.9. The summed E-state index contributed by atoms with van der Waals surface area (Å²) in [5, 5.41) is 2.81. The van der Waals surface area contributed by atoms with Gasteiger partial charge in [-0.05, 0) is 44.2 Å². The molecule has 1 saturated carbocycles. The van der Waals surface area contributed by atoms with E-state index in [1.165, 1.54) is 36.5 Å². The van der Waals surface area contributed by atoms with Crippen molar-refractivity contribution < 1.29 is 19.2 Å². The average molecular weight is 532 g/mol. The van der Waals surface area contributed by atoms with Gasteiger partial charge in [-0.3, -0.25) is 19.3 Å². The minimum absolute atomic E-state index is 0.321. The van der Waals surface area contributed by atoms with Gasteiger partial charge in [-0.25, -0.2) is 24.7 Å². The summed E-state index contributed by atoms with van der Waals surface area (Å²) in [4.78, 5) is 74.5. The highest BCUT2D eigenvalue weighted by Gasteiger charge is 2.51. The monoisotopic (exact) mass is 531 g/mol. The van der Waals surface area contributed by atoms with Crippen LogP contribution in [0.3, 0.4) is 0 Å². The Kier molecular flexibility index (Phi) is 6.00. The van der Waals surface area contributed by atoms with Gasteiger partial charge in [-0.1, -0.05) is 6.07 Å². The lowest BCUT2D eigenvalue weighted by molar-refractivity contribution is -0.141. The predicted molar refractivity (Wildman–Crippen MR) is 141 cm³/mol. The number of ketones is 1. The third-order valence-electron chi connectivity index (χ3n) is 7.81. The molecule has 202 valence electrons. The summed E-state index contributed by atoms with van der Waals surface area (Å²) >= 11 is 0. The topological polar surface area (TPSA) is 144 Å². The van der Waals surface area contributed by atoms with Gasteiger partial charge in [-0.2, -0.15) is 0 Å². The molecule has 3 aliphatic heterocycles. The second kappa shape index (κ2) is 9.40. The smallest absolute Gasteiger partial charge is 0.328 e. The largest absolute Gasteiger partial charge is 0.340 e. The lowest BCUT2D eigenvalue weighted by Crippen LogP contribution is -2.66. The number of aliphatic imine (C=N–C) groups is 1. The van der Waals surface area contributed by atoms with Crippen molar-refractivity contribution in [2.24, 2.45) is 16.8 Å². The van der Waals surface area contributed by atoms with Crippen molar-refractivity contribution in [1.29, 1.82) is 0 Å². The van der Waals surface area contributed by atoms with Crippen LogP contribution in [0.2, 0.25) is 0 Å². The first-order chi connectivity index (χ1) is 18.7. The van der Waals surface area contributed by atoms with E-state index in [0.29, 0.717) is 11.5 Å². The fourth-order valence-corrected chi connectivity index (χ4v) is 5.50. The number of fused-ring (bicyclic) bond motifs is 2. The highest BCUT2D eigenvalue weighted by atomic mass is 16.2. The van der Waals surface area contributed by atoms with Crippen LogP contribution >= 0.6 is 0 Å². The van der Waals surface area contributed by atoms with Gasteiger partial charge in [0.2, 0.25) is 11.9 Å². The molecule has 4 aliphatic rings. The summed E-state index contributed by atoms with van der Waals surface area (Å²) in [7, 11) is 1.52. The number of Topliss-reactive ketones (excluding diaryl/α,β-unsaturated/α-hetero) is 1. The quantitative estimate of drug-likeness (QED) is 0.550. The Labute approximate surface area is 224 Å². The first kappa shape index (κ1) is 24.9. The number of nitrogens with one attached hydrogen (secondary N) is 1. The van der Waals surface area contributed by atoms with Crippen LogP contribution in [0.25, 0.3) is 11.3 Å². The number of carbonyl (C=O) groups excluding carboxylic acids is 4. The fourth-order valence-electron chi connectivity index (χ4n) is 5.50. The number of amides is 4. The van der Waals surface area contributed by atoms with Gasteiger partial charge in [0.15, 0.2) is 12.2 Å². The molecule has 0 bridgehead atoms. The third kappa shape index (κ3) is 4.47. The predicted octanol–water partition coefficient (Wildman–Crippen LogP) is 0.843. The number of hydrogen-bond donors (Lipinski definition) is 1. The number of anilines is 2. The minimum Gasteiger partial charge on any atom is -0.340 e. The van der Waals surface area contributed by atoms with E-state index in [2.05, 4.69) is 30.2 Å². The van der Waals surface area contributed by atoms with Crippen LogP contribution in [-0.2, 0) is 14.4 Å². The van der Waals surface area contributed by atoms with E-state index in [-0.39, 0.29) is 12.3 Å². The Morgan fingerprint density at radius 3 is 2.54 bits per heavy atom. The number of nitrogens with zero attached hydrogens (tertiary/aromatic N) is 8. The van der Waals surface area contributed by atoms with E-state index in [4.69, 9.17) is 0 Å². The molecule has 4 amide bonds. The van der Waals surface area contributed by atoms with Crippen molar-refractivity contribution in [2.75, 3.05) is 36.9 Å². The molecule has 5 atom stereocenters. The van der Waals surface area contributed by atoms with E-state index in [0.717, 1.165) is 41.3 Å². The first-order valence-electron chi connectivity index (χ1n) is 12.9. The summed E-state index contributed by atoms with van der Waals surface area (Å²) in [6.07, 6.45) is 5.42. The Bertz CT molecular complexity index is 1370. The standard InChI is InChI=1S/C26H29N9O4/c1-14(36)10-34-24(38)21-22(32(3)26(34)39)29-13-35(21)15(2)23(37)31-20-6-4-5-19(30-20)18-8-27-25(28-9-18)33-11-16-7-17(16)12-33/h4-6,8-9,13,15-17,21-22H,7,10-12H2,1-3H3,(H,30,31,37)/t15-,16?,17?,21?,22?/m0/s1. The summed E-state index contributed by atoms with van der Waals surface area (Å²) in [5.41, 5.74) is 1.34.